The number of piperazine rings is 1. The smallest absolute Gasteiger partial charge is 0.254 e. The predicted molar refractivity (Wildman–Crippen MR) is 75.9 cm³/mol. The Bertz CT molecular complexity index is 527. The molecule has 0 bridgehead atoms. The van der Waals surface area contributed by atoms with Gasteiger partial charge in [0, 0.05) is 31.3 Å². The molecule has 100 valence electrons. The zero-order chi connectivity index (χ0) is 14.0. The number of thiocarbonyl (C=S) groups is 1. The number of nitrogens with two attached hydrogens (primary N) is 1. The third-order valence-corrected chi connectivity index (χ3v) is 3.40. The molecule has 0 aliphatic carbocycles. The van der Waals surface area contributed by atoms with Crippen LogP contribution < -0.4 is 5.73 Å². The lowest BCUT2D eigenvalue weighted by atomic mass is 10.1. The molecule has 1 fully saturated rings. The summed E-state index contributed by atoms with van der Waals surface area (Å²) in [5.41, 5.74) is 6.76. The summed E-state index contributed by atoms with van der Waals surface area (Å²) in [6.45, 7) is 1.25. The number of carbonyl (C=O) groups excluding carboxylic acids is 2. The lowest BCUT2D eigenvalue weighted by molar-refractivity contribution is -0.133. The van der Waals surface area contributed by atoms with E-state index in [9.17, 15) is 9.59 Å². The van der Waals surface area contributed by atoms with Gasteiger partial charge in [0.1, 0.15) is 11.5 Å². The van der Waals surface area contributed by atoms with E-state index < -0.39 is 0 Å². The second-order valence-electron chi connectivity index (χ2n) is 4.48. The Morgan fingerprint density at radius 1 is 1.21 bits per heavy atom. The first-order chi connectivity index (χ1) is 8.99. The van der Waals surface area contributed by atoms with Gasteiger partial charge in [-0.3, -0.25) is 9.59 Å². The fourth-order valence-corrected chi connectivity index (χ4v) is 2.03. The van der Waals surface area contributed by atoms with Crippen LogP contribution in [-0.2, 0) is 4.79 Å². The van der Waals surface area contributed by atoms with Crippen LogP contribution in [0, 0.1) is 0 Å². The third kappa shape index (κ3) is 2.90. The number of likely N-dealkylation sites (N-methyl/N-ethyl adjacent to an activating group) is 1. The molecule has 0 atom stereocenters. The van der Waals surface area contributed by atoms with Crippen molar-refractivity contribution in [3.8, 4) is 0 Å². The largest absolute Gasteiger partial charge is 0.389 e. The van der Waals surface area contributed by atoms with E-state index in [1.807, 2.05) is 0 Å². The monoisotopic (exact) mass is 277 g/mol. The molecular weight excluding hydrogens is 262 g/mol. The maximum atomic E-state index is 12.2. The Labute approximate surface area is 117 Å². The van der Waals surface area contributed by atoms with Gasteiger partial charge in [-0.2, -0.15) is 0 Å². The number of rotatable bonds is 2. The van der Waals surface area contributed by atoms with Crippen molar-refractivity contribution in [1.82, 2.24) is 9.80 Å². The van der Waals surface area contributed by atoms with Gasteiger partial charge in [0.25, 0.3) is 5.91 Å². The molecule has 2 N–H and O–H groups in total. The van der Waals surface area contributed by atoms with Crippen LogP contribution in [0.2, 0.25) is 0 Å². The van der Waals surface area contributed by atoms with Gasteiger partial charge in [-0.05, 0) is 12.1 Å². The summed E-state index contributed by atoms with van der Waals surface area (Å²) in [5, 5.41) is 0. The number of carbonyl (C=O) groups is 2. The maximum Gasteiger partial charge on any atom is 0.254 e. The minimum absolute atomic E-state index is 0.0423. The summed E-state index contributed by atoms with van der Waals surface area (Å²) < 4.78 is 0. The number of hydrogen-bond donors (Lipinski definition) is 1. The van der Waals surface area contributed by atoms with Crippen molar-refractivity contribution in [2.45, 2.75) is 0 Å². The first-order valence-electron chi connectivity index (χ1n) is 5.92. The molecule has 1 aliphatic heterocycles. The second-order valence-corrected chi connectivity index (χ2v) is 4.92. The quantitative estimate of drug-likeness (QED) is 0.786. The molecule has 0 saturated carbocycles. The summed E-state index contributed by atoms with van der Waals surface area (Å²) >= 11 is 4.86. The van der Waals surface area contributed by atoms with Crippen LogP contribution in [0.4, 0.5) is 0 Å². The molecule has 0 aromatic heterocycles. The van der Waals surface area contributed by atoms with Crippen LogP contribution >= 0.6 is 12.2 Å². The predicted octanol–water partition coefficient (Wildman–Crippen LogP) is 0.235. The van der Waals surface area contributed by atoms with Gasteiger partial charge in [-0.1, -0.05) is 24.4 Å². The summed E-state index contributed by atoms with van der Waals surface area (Å²) in [6.07, 6.45) is 0. The van der Waals surface area contributed by atoms with Crippen molar-refractivity contribution in [3.63, 3.8) is 0 Å². The van der Waals surface area contributed by atoms with Crippen molar-refractivity contribution in [1.29, 1.82) is 0 Å². The highest BCUT2D eigenvalue weighted by molar-refractivity contribution is 7.80. The van der Waals surface area contributed by atoms with Crippen LogP contribution in [-0.4, -0.2) is 53.3 Å². The summed E-state index contributed by atoms with van der Waals surface area (Å²) in [7, 11) is 1.74. The van der Waals surface area contributed by atoms with E-state index in [2.05, 4.69) is 0 Å². The van der Waals surface area contributed by atoms with Crippen molar-refractivity contribution >= 4 is 29.0 Å². The topological polar surface area (TPSA) is 66.6 Å². The van der Waals surface area contributed by atoms with Crippen LogP contribution in [0.15, 0.2) is 24.3 Å². The lowest BCUT2D eigenvalue weighted by Crippen LogP contribution is -2.50. The first-order valence-corrected chi connectivity index (χ1v) is 6.33. The molecule has 19 heavy (non-hydrogen) atoms. The summed E-state index contributed by atoms with van der Waals surface area (Å²) in [5.74, 6) is -0.185. The van der Waals surface area contributed by atoms with Gasteiger partial charge in [0.15, 0.2) is 0 Å². The van der Waals surface area contributed by atoms with Gasteiger partial charge in [0.05, 0.1) is 0 Å². The maximum absolute atomic E-state index is 12.2. The van der Waals surface area contributed by atoms with Crippen molar-refractivity contribution < 1.29 is 9.59 Å². The molecule has 1 aromatic rings. The first kappa shape index (κ1) is 13.5. The van der Waals surface area contributed by atoms with E-state index in [-0.39, 0.29) is 18.4 Å². The molecule has 1 heterocycles. The Kier molecular flexibility index (Phi) is 3.80. The molecule has 1 aromatic carbocycles. The number of amides is 2. The minimum atomic E-state index is -0.143. The van der Waals surface area contributed by atoms with Gasteiger partial charge in [-0.15, -0.1) is 0 Å². The number of hydrogen-bond acceptors (Lipinski definition) is 3. The van der Waals surface area contributed by atoms with E-state index in [1.54, 1.807) is 41.1 Å². The lowest BCUT2D eigenvalue weighted by Gasteiger charge is -2.32. The van der Waals surface area contributed by atoms with Crippen LogP contribution in [0.25, 0.3) is 0 Å². The Hall–Kier alpha value is -1.95. The van der Waals surface area contributed by atoms with Gasteiger partial charge >= 0.3 is 0 Å². The van der Waals surface area contributed by atoms with Gasteiger partial charge < -0.3 is 15.5 Å². The molecule has 0 spiro atoms. The highest BCUT2D eigenvalue weighted by Crippen LogP contribution is 2.10. The van der Waals surface area contributed by atoms with E-state index in [0.29, 0.717) is 23.6 Å². The molecular formula is C13H15N3O2S. The van der Waals surface area contributed by atoms with E-state index in [0.717, 1.165) is 5.56 Å². The fraction of sp³-hybridized carbons (Fsp3) is 0.308. The van der Waals surface area contributed by atoms with Crippen LogP contribution in [0.5, 0.6) is 0 Å². The van der Waals surface area contributed by atoms with Crippen molar-refractivity contribution in [2.24, 2.45) is 5.73 Å². The second kappa shape index (κ2) is 5.36. The third-order valence-electron chi connectivity index (χ3n) is 3.16. The Morgan fingerprint density at radius 3 is 2.32 bits per heavy atom. The normalized spacial score (nSPS) is 15.5. The standard InChI is InChI=1S/C13H15N3O2S/c1-15-6-7-16(8-11(15)17)13(18)10-4-2-9(3-5-10)12(14)19/h2-5H,6-8H2,1H3,(H2,14,19). The highest BCUT2D eigenvalue weighted by Gasteiger charge is 2.25. The van der Waals surface area contributed by atoms with Crippen molar-refractivity contribution in [3.05, 3.63) is 35.4 Å². The van der Waals surface area contributed by atoms with E-state index in [4.69, 9.17) is 18.0 Å². The zero-order valence-corrected chi connectivity index (χ0v) is 11.4. The molecule has 1 aliphatic rings. The fourth-order valence-electron chi connectivity index (χ4n) is 1.89. The highest BCUT2D eigenvalue weighted by atomic mass is 32.1. The molecule has 5 nitrogen and oxygen atoms in total. The van der Waals surface area contributed by atoms with E-state index in [1.165, 1.54) is 0 Å². The van der Waals surface area contributed by atoms with E-state index >= 15 is 0 Å². The average molecular weight is 277 g/mol. The Morgan fingerprint density at radius 2 is 1.79 bits per heavy atom. The number of nitrogens with zero attached hydrogens (tertiary/aromatic N) is 2. The van der Waals surface area contributed by atoms with Crippen molar-refractivity contribution in [2.75, 3.05) is 26.7 Å². The molecule has 2 amide bonds. The molecule has 6 heteroatoms. The average Bonchev–Trinajstić information content (AvgIpc) is 2.41. The molecule has 1 saturated heterocycles. The van der Waals surface area contributed by atoms with Crippen LogP contribution in [0.1, 0.15) is 15.9 Å². The zero-order valence-electron chi connectivity index (χ0n) is 10.6. The summed E-state index contributed by atoms with van der Waals surface area (Å²) in [4.78, 5) is 27.3. The molecule has 0 unspecified atom stereocenters. The Balaban J connectivity index is 2.11. The number of benzene rings is 1. The van der Waals surface area contributed by atoms with Gasteiger partial charge in [-0.25, -0.2) is 0 Å². The molecule has 0 radical (unpaired) electrons. The SMILES string of the molecule is CN1CCN(C(=O)c2ccc(C(N)=S)cc2)CC1=O. The molecule has 2 rings (SSSR count). The van der Waals surface area contributed by atoms with Gasteiger partial charge in [0.2, 0.25) is 5.91 Å². The van der Waals surface area contributed by atoms with Crippen LogP contribution in [0.3, 0.4) is 0 Å². The minimum Gasteiger partial charge on any atom is -0.389 e. The summed E-state index contributed by atoms with van der Waals surface area (Å²) in [6, 6.07) is 6.79.